The second kappa shape index (κ2) is 7.07. The Morgan fingerprint density at radius 1 is 1.29 bits per heavy atom. The van der Waals surface area contributed by atoms with Crippen molar-refractivity contribution in [1.29, 1.82) is 0 Å². The molecule has 3 heteroatoms. The zero-order valence-corrected chi connectivity index (χ0v) is 10.9. The van der Waals surface area contributed by atoms with Crippen molar-refractivity contribution in [1.82, 2.24) is 10.2 Å². The van der Waals surface area contributed by atoms with E-state index in [1.165, 1.54) is 5.56 Å². The highest BCUT2D eigenvalue weighted by molar-refractivity contribution is 5.73. The third-order valence-electron chi connectivity index (χ3n) is 2.68. The Morgan fingerprint density at radius 3 is 2.47 bits per heavy atom. The van der Waals surface area contributed by atoms with Gasteiger partial charge in [-0.15, -0.1) is 0 Å². The summed E-state index contributed by atoms with van der Waals surface area (Å²) < 4.78 is 0. The molecule has 17 heavy (non-hydrogen) atoms. The van der Waals surface area contributed by atoms with E-state index in [0.29, 0.717) is 0 Å². The maximum atomic E-state index is 11.2. The summed E-state index contributed by atoms with van der Waals surface area (Å²) in [5.74, 6) is 0.0312. The van der Waals surface area contributed by atoms with Crippen LogP contribution in [0, 0.1) is 0 Å². The van der Waals surface area contributed by atoms with Crippen molar-refractivity contribution in [2.45, 2.75) is 25.8 Å². The zero-order chi connectivity index (χ0) is 12.7. The van der Waals surface area contributed by atoms with Crippen LogP contribution in [-0.2, 0) is 4.79 Å². The van der Waals surface area contributed by atoms with Gasteiger partial charge in [0.05, 0.1) is 6.04 Å². The van der Waals surface area contributed by atoms with Gasteiger partial charge < -0.3 is 10.2 Å². The first kappa shape index (κ1) is 13.7. The van der Waals surface area contributed by atoms with Crippen LogP contribution < -0.4 is 5.32 Å². The molecule has 1 rings (SSSR count). The van der Waals surface area contributed by atoms with Crippen molar-refractivity contribution in [2.75, 3.05) is 20.6 Å². The Bertz CT molecular complexity index is 335. The fourth-order valence-corrected chi connectivity index (χ4v) is 1.86. The molecule has 1 amide bonds. The molecule has 0 radical (unpaired) electrons. The average molecular weight is 234 g/mol. The third-order valence-corrected chi connectivity index (χ3v) is 2.68. The normalized spacial score (nSPS) is 12.5. The Hall–Kier alpha value is -1.35. The number of hydrogen-bond donors (Lipinski definition) is 1. The average Bonchev–Trinajstić information content (AvgIpc) is 2.28. The van der Waals surface area contributed by atoms with E-state index in [1.54, 1.807) is 6.92 Å². The van der Waals surface area contributed by atoms with Crippen molar-refractivity contribution >= 4 is 5.91 Å². The van der Waals surface area contributed by atoms with Gasteiger partial charge in [-0.1, -0.05) is 30.3 Å². The first-order valence-corrected chi connectivity index (χ1v) is 6.06. The number of benzene rings is 1. The van der Waals surface area contributed by atoms with Crippen LogP contribution in [0.1, 0.15) is 31.4 Å². The van der Waals surface area contributed by atoms with Gasteiger partial charge in [-0.05, 0) is 39.0 Å². The lowest BCUT2D eigenvalue weighted by Crippen LogP contribution is -2.27. The van der Waals surface area contributed by atoms with Gasteiger partial charge in [0, 0.05) is 6.92 Å². The molecule has 0 saturated carbocycles. The van der Waals surface area contributed by atoms with Crippen LogP contribution in [-0.4, -0.2) is 31.4 Å². The predicted molar refractivity (Wildman–Crippen MR) is 70.8 cm³/mol. The largest absolute Gasteiger partial charge is 0.350 e. The summed E-state index contributed by atoms with van der Waals surface area (Å²) in [6.07, 6.45) is 2.05. The van der Waals surface area contributed by atoms with Crippen LogP contribution in [0.15, 0.2) is 30.3 Å². The third kappa shape index (κ3) is 5.50. The molecule has 1 aromatic rings. The van der Waals surface area contributed by atoms with Crippen molar-refractivity contribution in [2.24, 2.45) is 0 Å². The van der Waals surface area contributed by atoms with E-state index in [2.05, 4.69) is 36.4 Å². The number of amides is 1. The maximum Gasteiger partial charge on any atom is 0.217 e. The number of carbonyl (C=O) groups is 1. The minimum absolute atomic E-state index is 0.0312. The highest BCUT2D eigenvalue weighted by atomic mass is 16.1. The van der Waals surface area contributed by atoms with Crippen molar-refractivity contribution < 1.29 is 4.79 Å². The van der Waals surface area contributed by atoms with Gasteiger partial charge in [0.15, 0.2) is 0 Å². The first-order valence-electron chi connectivity index (χ1n) is 6.06. The number of carbonyl (C=O) groups excluding carboxylic acids is 1. The first-order chi connectivity index (χ1) is 8.09. The molecule has 3 nitrogen and oxygen atoms in total. The highest BCUT2D eigenvalue weighted by Crippen LogP contribution is 2.18. The summed E-state index contributed by atoms with van der Waals surface area (Å²) >= 11 is 0. The molecule has 0 spiro atoms. The molecule has 1 N–H and O–H groups in total. The van der Waals surface area contributed by atoms with Gasteiger partial charge in [0.2, 0.25) is 5.91 Å². The quantitative estimate of drug-likeness (QED) is 0.818. The lowest BCUT2D eigenvalue weighted by atomic mass is 10.0. The molecule has 0 aromatic heterocycles. The molecule has 0 fully saturated rings. The zero-order valence-electron chi connectivity index (χ0n) is 10.9. The highest BCUT2D eigenvalue weighted by Gasteiger charge is 2.11. The molecule has 1 aromatic carbocycles. The van der Waals surface area contributed by atoms with E-state index in [-0.39, 0.29) is 11.9 Å². The van der Waals surface area contributed by atoms with E-state index in [1.807, 2.05) is 18.2 Å². The molecule has 0 unspecified atom stereocenters. The Morgan fingerprint density at radius 2 is 1.94 bits per heavy atom. The van der Waals surface area contributed by atoms with E-state index in [9.17, 15) is 4.79 Å². The number of rotatable bonds is 6. The van der Waals surface area contributed by atoms with Gasteiger partial charge in [-0.2, -0.15) is 0 Å². The lowest BCUT2D eigenvalue weighted by molar-refractivity contribution is -0.119. The summed E-state index contributed by atoms with van der Waals surface area (Å²) in [5, 5.41) is 3.01. The van der Waals surface area contributed by atoms with Crippen molar-refractivity contribution in [3.05, 3.63) is 35.9 Å². The summed E-state index contributed by atoms with van der Waals surface area (Å²) in [6.45, 7) is 2.62. The smallest absolute Gasteiger partial charge is 0.217 e. The monoisotopic (exact) mass is 234 g/mol. The van der Waals surface area contributed by atoms with Crippen LogP contribution in [0.3, 0.4) is 0 Å². The Balaban J connectivity index is 2.58. The standard InChI is InChI=1S/C14H22N2O/c1-12(17)15-14(10-7-11-16(2)3)13-8-5-4-6-9-13/h4-6,8-9,14H,7,10-11H2,1-3H3,(H,15,17)/t14-/m0/s1. The van der Waals surface area contributed by atoms with Crippen LogP contribution in [0.25, 0.3) is 0 Å². The minimum atomic E-state index is 0.0312. The topological polar surface area (TPSA) is 32.3 Å². The molecular formula is C14H22N2O. The molecule has 0 aliphatic heterocycles. The van der Waals surface area contributed by atoms with E-state index in [0.717, 1.165) is 19.4 Å². The molecule has 0 heterocycles. The molecule has 0 bridgehead atoms. The van der Waals surface area contributed by atoms with E-state index >= 15 is 0 Å². The van der Waals surface area contributed by atoms with Crippen LogP contribution in [0.2, 0.25) is 0 Å². The Labute approximate surface area is 104 Å². The fourth-order valence-electron chi connectivity index (χ4n) is 1.86. The summed E-state index contributed by atoms with van der Waals surface area (Å²) in [7, 11) is 4.13. The predicted octanol–water partition coefficient (Wildman–Crippen LogP) is 2.21. The van der Waals surface area contributed by atoms with Gasteiger partial charge in [-0.3, -0.25) is 4.79 Å². The van der Waals surface area contributed by atoms with Gasteiger partial charge in [0.25, 0.3) is 0 Å². The van der Waals surface area contributed by atoms with Gasteiger partial charge >= 0.3 is 0 Å². The molecule has 94 valence electrons. The van der Waals surface area contributed by atoms with Crippen molar-refractivity contribution in [3.8, 4) is 0 Å². The van der Waals surface area contributed by atoms with E-state index < -0.39 is 0 Å². The molecular weight excluding hydrogens is 212 g/mol. The minimum Gasteiger partial charge on any atom is -0.350 e. The van der Waals surface area contributed by atoms with Crippen LogP contribution in [0.5, 0.6) is 0 Å². The van der Waals surface area contributed by atoms with Gasteiger partial charge in [-0.25, -0.2) is 0 Å². The van der Waals surface area contributed by atoms with Crippen LogP contribution >= 0.6 is 0 Å². The van der Waals surface area contributed by atoms with Crippen molar-refractivity contribution in [3.63, 3.8) is 0 Å². The second-order valence-corrected chi connectivity index (χ2v) is 4.61. The maximum absolute atomic E-state index is 11.2. The second-order valence-electron chi connectivity index (χ2n) is 4.61. The van der Waals surface area contributed by atoms with Crippen LogP contribution in [0.4, 0.5) is 0 Å². The summed E-state index contributed by atoms with van der Waals surface area (Å²) in [5.41, 5.74) is 1.18. The molecule has 0 aliphatic carbocycles. The Kier molecular flexibility index (Phi) is 5.70. The lowest BCUT2D eigenvalue weighted by Gasteiger charge is -2.19. The van der Waals surface area contributed by atoms with Gasteiger partial charge in [0.1, 0.15) is 0 Å². The molecule has 0 saturated heterocycles. The SMILES string of the molecule is CC(=O)N[C@@H](CCCN(C)C)c1ccccc1. The fraction of sp³-hybridized carbons (Fsp3) is 0.500. The molecule has 0 aliphatic rings. The summed E-state index contributed by atoms with van der Waals surface area (Å²) in [4.78, 5) is 13.4. The summed E-state index contributed by atoms with van der Waals surface area (Å²) in [6, 6.07) is 10.3. The number of nitrogens with zero attached hydrogens (tertiary/aromatic N) is 1. The van der Waals surface area contributed by atoms with E-state index in [4.69, 9.17) is 0 Å². The molecule has 1 atom stereocenters. The number of hydrogen-bond acceptors (Lipinski definition) is 2. The number of nitrogens with one attached hydrogen (secondary N) is 1.